The zero-order valence-corrected chi connectivity index (χ0v) is 7.77. The highest BCUT2D eigenvalue weighted by Crippen LogP contribution is 2.16. The average Bonchev–Trinajstić information content (AvgIpc) is 2.19. The summed E-state index contributed by atoms with van der Waals surface area (Å²) >= 11 is 0. The summed E-state index contributed by atoms with van der Waals surface area (Å²) in [5.74, 6) is 0.416. The predicted octanol–water partition coefficient (Wildman–Crippen LogP) is 1.89. The SMILES string of the molecule is COC/C=C/C1C=CC(C=O)=CC1. The molecule has 0 N–H and O–H groups in total. The van der Waals surface area contributed by atoms with Gasteiger partial charge >= 0.3 is 0 Å². The minimum absolute atomic E-state index is 0.416. The Kier molecular flexibility index (Phi) is 4.19. The van der Waals surface area contributed by atoms with Crippen molar-refractivity contribution in [3.63, 3.8) is 0 Å². The monoisotopic (exact) mass is 178 g/mol. The number of carbonyl (C=O) groups excluding carboxylic acids is 1. The lowest BCUT2D eigenvalue weighted by Crippen LogP contribution is -1.97. The number of ether oxygens (including phenoxy) is 1. The van der Waals surface area contributed by atoms with Gasteiger partial charge in [-0.25, -0.2) is 0 Å². The van der Waals surface area contributed by atoms with Crippen molar-refractivity contribution in [2.75, 3.05) is 13.7 Å². The van der Waals surface area contributed by atoms with Crippen molar-refractivity contribution >= 4 is 6.29 Å². The molecule has 1 aliphatic carbocycles. The normalized spacial score (nSPS) is 21.9. The Hall–Kier alpha value is -1.15. The van der Waals surface area contributed by atoms with Crippen LogP contribution in [-0.4, -0.2) is 20.0 Å². The molecule has 0 aromatic heterocycles. The first kappa shape index (κ1) is 9.93. The standard InChI is InChI=1S/C11H14O2/c1-13-8-2-3-10-4-6-11(9-12)7-5-10/h2-4,6-7,9-10H,5,8H2,1H3/b3-2+. The van der Waals surface area contributed by atoms with Crippen molar-refractivity contribution in [3.8, 4) is 0 Å². The Morgan fingerprint density at radius 1 is 1.69 bits per heavy atom. The summed E-state index contributed by atoms with van der Waals surface area (Å²) in [7, 11) is 1.67. The van der Waals surface area contributed by atoms with E-state index in [4.69, 9.17) is 4.74 Å². The van der Waals surface area contributed by atoms with E-state index in [1.807, 2.05) is 24.3 Å². The number of hydrogen-bond acceptors (Lipinski definition) is 2. The number of carbonyl (C=O) groups is 1. The van der Waals surface area contributed by atoms with Crippen molar-refractivity contribution < 1.29 is 9.53 Å². The Morgan fingerprint density at radius 2 is 2.54 bits per heavy atom. The lowest BCUT2D eigenvalue weighted by Gasteiger charge is -2.08. The summed E-state index contributed by atoms with van der Waals surface area (Å²) in [6.45, 7) is 0.647. The summed E-state index contributed by atoms with van der Waals surface area (Å²) in [6.07, 6.45) is 11.7. The van der Waals surface area contributed by atoms with Crippen LogP contribution >= 0.6 is 0 Å². The number of rotatable bonds is 4. The molecule has 0 aromatic rings. The smallest absolute Gasteiger partial charge is 0.149 e. The van der Waals surface area contributed by atoms with Crippen LogP contribution in [0, 0.1) is 5.92 Å². The Balaban J connectivity index is 2.39. The summed E-state index contributed by atoms with van der Waals surface area (Å²) in [5, 5.41) is 0. The fraction of sp³-hybridized carbons (Fsp3) is 0.364. The largest absolute Gasteiger partial charge is 0.381 e. The number of allylic oxidation sites excluding steroid dienone is 5. The summed E-state index contributed by atoms with van der Waals surface area (Å²) < 4.78 is 4.89. The quantitative estimate of drug-likeness (QED) is 0.485. The van der Waals surface area contributed by atoms with Gasteiger partial charge in [0.15, 0.2) is 0 Å². The highest BCUT2D eigenvalue weighted by molar-refractivity contribution is 5.77. The summed E-state index contributed by atoms with van der Waals surface area (Å²) in [6, 6.07) is 0. The third kappa shape index (κ3) is 3.38. The van der Waals surface area contributed by atoms with E-state index in [-0.39, 0.29) is 0 Å². The van der Waals surface area contributed by atoms with Crippen LogP contribution in [0.15, 0.2) is 36.0 Å². The first-order chi connectivity index (χ1) is 6.36. The highest BCUT2D eigenvalue weighted by Gasteiger charge is 2.03. The molecule has 70 valence electrons. The van der Waals surface area contributed by atoms with Gasteiger partial charge in [-0.3, -0.25) is 4.79 Å². The van der Waals surface area contributed by atoms with Gasteiger partial charge in [0.1, 0.15) is 6.29 Å². The van der Waals surface area contributed by atoms with E-state index < -0.39 is 0 Å². The zero-order valence-electron chi connectivity index (χ0n) is 7.77. The first-order valence-corrected chi connectivity index (χ1v) is 4.36. The minimum Gasteiger partial charge on any atom is -0.381 e. The van der Waals surface area contributed by atoms with Crippen molar-refractivity contribution in [3.05, 3.63) is 36.0 Å². The molecule has 1 rings (SSSR count). The topological polar surface area (TPSA) is 26.3 Å². The van der Waals surface area contributed by atoms with Crippen LogP contribution in [0.3, 0.4) is 0 Å². The van der Waals surface area contributed by atoms with E-state index >= 15 is 0 Å². The molecule has 0 fully saturated rings. The van der Waals surface area contributed by atoms with Crippen LogP contribution in [0.25, 0.3) is 0 Å². The van der Waals surface area contributed by atoms with Crippen molar-refractivity contribution in [1.29, 1.82) is 0 Å². The molecular formula is C11H14O2. The maximum absolute atomic E-state index is 10.4. The van der Waals surface area contributed by atoms with Crippen LogP contribution in [-0.2, 0) is 9.53 Å². The van der Waals surface area contributed by atoms with Gasteiger partial charge < -0.3 is 4.74 Å². The van der Waals surface area contributed by atoms with E-state index in [0.717, 1.165) is 18.3 Å². The highest BCUT2D eigenvalue weighted by atomic mass is 16.5. The molecule has 0 heterocycles. The van der Waals surface area contributed by atoms with E-state index in [1.54, 1.807) is 7.11 Å². The van der Waals surface area contributed by atoms with Crippen molar-refractivity contribution in [2.24, 2.45) is 5.92 Å². The fourth-order valence-corrected chi connectivity index (χ4v) is 1.21. The maximum atomic E-state index is 10.4. The average molecular weight is 178 g/mol. The lowest BCUT2D eigenvalue weighted by molar-refractivity contribution is -0.104. The van der Waals surface area contributed by atoms with Gasteiger partial charge in [-0.05, 0) is 12.3 Å². The molecule has 0 saturated heterocycles. The van der Waals surface area contributed by atoms with E-state index in [2.05, 4.69) is 6.08 Å². The lowest BCUT2D eigenvalue weighted by atomic mass is 9.97. The first-order valence-electron chi connectivity index (χ1n) is 4.36. The molecule has 1 atom stereocenters. The zero-order chi connectivity index (χ0) is 9.52. The van der Waals surface area contributed by atoms with Crippen molar-refractivity contribution in [2.45, 2.75) is 6.42 Å². The van der Waals surface area contributed by atoms with Crippen LogP contribution in [0.4, 0.5) is 0 Å². The molecule has 1 aliphatic rings. The molecule has 0 radical (unpaired) electrons. The molecule has 1 unspecified atom stereocenters. The Bertz CT molecular complexity index is 249. The van der Waals surface area contributed by atoms with Gasteiger partial charge in [0.05, 0.1) is 6.61 Å². The van der Waals surface area contributed by atoms with Gasteiger partial charge in [-0.15, -0.1) is 0 Å². The van der Waals surface area contributed by atoms with Crippen LogP contribution in [0.2, 0.25) is 0 Å². The van der Waals surface area contributed by atoms with Gasteiger partial charge in [0.2, 0.25) is 0 Å². The van der Waals surface area contributed by atoms with Crippen LogP contribution < -0.4 is 0 Å². The van der Waals surface area contributed by atoms with Gasteiger partial charge in [0.25, 0.3) is 0 Å². The molecule has 13 heavy (non-hydrogen) atoms. The van der Waals surface area contributed by atoms with Gasteiger partial charge in [-0.2, -0.15) is 0 Å². The van der Waals surface area contributed by atoms with Gasteiger partial charge in [-0.1, -0.05) is 30.4 Å². The summed E-state index contributed by atoms with van der Waals surface area (Å²) in [4.78, 5) is 10.4. The number of hydrogen-bond donors (Lipinski definition) is 0. The molecular weight excluding hydrogens is 164 g/mol. The van der Waals surface area contributed by atoms with E-state index in [9.17, 15) is 4.79 Å². The van der Waals surface area contributed by atoms with Crippen LogP contribution in [0.5, 0.6) is 0 Å². The van der Waals surface area contributed by atoms with E-state index in [0.29, 0.717) is 12.5 Å². The second kappa shape index (κ2) is 5.49. The second-order valence-electron chi connectivity index (χ2n) is 2.96. The fourth-order valence-electron chi connectivity index (χ4n) is 1.21. The maximum Gasteiger partial charge on any atom is 0.149 e. The predicted molar refractivity (Wildman–Crippen MR) is 52.4 cm³/mol. The summed E-state index contributed by atoms with van der Waals surface area (Å²) in [5.41, 5.74) is 0.774. The second-order valence-corrected chi connectivity index (χ2v) is 2.96. The number of methoxy groups -OCH3 is 1. The van der Waals surface area contributed by atoms with Gasteiger partial charge in [0, 0.05) is 12.7 Å². The molecule has 2 heteroatoms. The van der Waals surface area contributed by atoms with E-state index in [1.165, 1.54) is 0 Å². The molecule has 0 aliphatic heterocycles. The third-order valence-electron chi connectivity index (χ3n) is 1.94. The molecule has 0 saturated carbocycles. The Morgan fingerprint density at radius 3 is 3.08 bits per heavy atom. The molecule has 0 amide bonds. The van der Waals surface area contributed by atoms with Crippen LogP contribution in [0.1, 0.15) is 6.42 Å². The number of aldehydes is 1. The molecule has 2 nitrogen and oxygen atoms in total. The molecule has 0 spiro atoms. The minimum atomic E-state index is 0.416. The van der Waals surface area contributed by atoms with Crippen molar-refractivity contribution in [1.82, 2.24) is 0 Å². The molecule has 0 bridgehead atoms. The Labute approximate surface area is 78.6 Å². The molecule has 0 aromatic carbocycles. The third-order valence-corrected chi connectivity index (χ3v) is 1.94.